The Hall–Kier alpha value is -1.75. The number of fused-ring (bicyclic) bond motifs is 1. The van der Waals surface area contributed by atoms with Gasteiger partial charge in [0.25, 0.3) is 0 Å². The first-order valence-corrected chi connectivity index (χ1v) is 8.22. The first kappa shape index (κ1) is 17.6. The first-order valence-electron chi connectivity index (χ1n) is 8.22. The molecule has 0 aliphatic carbocycles. The minimum Gasteiger partial charge on any atom is -0.493 e. The zero-order chi connectivity index (χ0) is 17.0. The molecule has 2 rings (SSSR count). The molecule has 3 N–H and O–H groups in total. The van der Waals surface area contributed by atoms with Crippen molar-refractivity contribution in [3.05, 3.63) is 29.8 Å². The number of carbonyl (C=O) groups is 1. The molecule has 128 valence electrons. The lowest BCUT2D eigenvalue weighted by Crippen LogP contribution is -2.51. The van der Waals surface area contributed by atoms with Crippen molar-refractivity contribution in [2.75, 3.05) is 13.2 Å². The van der Waals surface area contributed by atoms with E-state index in [0.717, 1.165) is 11.3 Å². The van der Waals surface area contributed by atoms with Crippen LogP contribution < -0.4 is 15.4 Å². The van der Waals surface area contributed by atoms with Crippen molar-refractivity contribution in [2.45, 2.75) is 52.1 Å². The molecule has 0 bridgehead atoms. The van der Waals surface area contributed by atoms with Gasteiger partial charge in [-0.2, -0.15) is 0 Å². The number of nitrogens with one attached hydrogen (secondary N) is 2. The Bertz CT molecular complexity index is 539. The molecule has 0 saturated heterocycles. The number of benzene rings is 1. The molecule has 2 amide bonds. The average Bonchev–Trinajstić information content (AvgIpc) is 2.89. The molecule has 0 spiro atoms. The third kappa shape index (κ3) is 4.38. The molecule has 5 nitrogen and oxygen atoms in total. The van der Waals surface area contributed by atoms with Gasteiger partial charge >= 0.3 is 6.03 Å². The molecule has 5 heteroatoms. The van der Waals surface area contributed by atoms with Gasteiger partial charge in [-0.05, 0) is 24.8 Å². The summed E-state index contributed by atoms with van der Waals surface area (Å²) in [7, 11) is 0. The third-order valence-corrected chi connectivity index (χ3v) is 4.47. The molecule has 1 aromatic rings. The maximum absolute atomic E-state index is 12.3. The summed E-state index contributed by atoms with van der Waals surface area (Å²) in [6, 6.07) is 7.64. The van der Waals surface area contributed by atoms with Crippen LogP contribution in [0.1, 0.15) is 45.6 Å². The van der Waals surface area contributed by atoms with E-state index in [1.165, 1.54) is 0 Å². The number of hydrogen-bond acceptors (Lipinski definition) is 3. The quantitative estimate of drug-likeness (QED) is 0.781. The van der Waals surface area contributed by atoms with Gasteiger partial charge in [-0.15, -0.1) is 0 Å². The van der Waals surface area contributed by atoms with E-state index in [1.807, 2.05) is 31.2 Å². The second-order valence-electron chi connectivity index (χ2n) is 7.29. The van der Waals surface area contributed by atoms with E-state index in [2.05, 4.69) is 31.4 Å². The van der Waals surface area contributed by atoms with Crippen molar-refractivity contribution in [3.63, 3.8) is 0 Å². The number of rotatable bonds is 5. The minimum absolute atomic E-state index is 0.0339. The standard InChI is InChI=1S/C18H28N2O3/c1-12(14-11-23-15-8-6-5-7-13(14)15)19-17(22)20-16(9-10-21)18(2,3)4/h5-8,12,14,16,21H,9-11H2,1-4H3,(H2,19,20,22)/t12-,14-,16-/m0/s1. The van der Waals surface area contributed by atoms with Gasteiger partial charge in [-0.3, -0.25) is 0 Å². The van der Waals surface area contributed by atoms with Crippen LogP contribution in [0.5, 0.6) is 5.75 Å². The van der Waals surface area contributed by atoms with Crippen LogP contribution in [0.25, 0.3) is 0 Å². The maximum atomic E-state index is 12.3. The lowest BCUT2D eigenvalue weighted by Gasteiger charge is -2.32. The lowest BCUT2D eigenvalue weighted by atomic mass is 9.85. The van der Waals surface area contributed by atoms with Crippen LogP contribution in [0.4, 0.5) is 4.79 Å². The van der Waals surface area contributed by atoms with Gasteiger partial charge in [0.2, 0.25) is 0 Å². The number of aliphatic hydroxyl groups is 1. The highest BCUT2D eigenvalue weighted by molar-refractivity contribution is 5.74. The van der Waals surface area contributed by atoms with Crippen molar-refractivity contribution < 1.29 is 14.6 Å². The summed E-state index contributed by atoms with van der Waals surface area (Å²) in [5.74, 6) is 1.06. The Morgan fingerprint density at radius 2 is 2.04 bits per heavy atom. The van der Waals surface area contributed by atoms with Crippen molar-refractivity contribution in [1.29, 1.82) is 0 Å². The molecule has 0 unspecified atom stereocenters. The van der Waals surface area contributed by atoms with Gasteiger partial charge in [0.05, 0.1) is 6.61 Å². The molecule has 3 atom stereocenters. The van der Waals surface area contributed by atoms with Gasteiger partial charge < -0.3 is 20.5 Å². The molecule has 1 aliphatic heterocycles. The Morgan fingerprint density at radius 1 is 1.35 bits per heavy atom. The zero-order valence-corrected chi connectivity index (χ0v) is 14.4. The SMILES string of the molecule is C[C@H](NC(=O)N[C@@H](CCO)C(C)(C)C)[C@@H]1COc2ccccc21. The van der Waals surface area contributed by atoms with Crippen molar-refractivity contribution >= 4 is 6.03 Å². The second-order valence-corrected chi connectivity index (χ2v) is 7.29. The maximum Gasteiger partial charge on any atom is 0.315 e. The van der Waals surface area contributed by atoms with Crippen LogP contribution in [0, 0.1) is 5.41 Å². The molecule has 0 fully saturated rings. The van der Waals surface area contributed by atoms with Crippen LogP contribution in [-0.2, 0) is 0 Å². The molecular weight excluding hydrogens is 292 g/mol. The van der Waals surface area contributed by atoms with Gasteiger partial charge in [0.1, 0.15) is 5.75 Å². The van der Waals surface area contributed by atoms with E-state index >= 15 is 0 Å². The molecule has 23 heavy (non-hydrogen) atoms. The summed E-state index contributed by atoms with van der Waals surface area (Å²) >= 11 is 0. The van der Waals surface area contributed by atoms with E-state index in [9.17, 15) is 9.90 Å². The van der Waals surface area contributed by atoms with Crippen LogP contribution in [0.2, 0.25) is 0 Å². The van der Waals surface area contributed by atoms with E-state index in [1.54, 1.807) is 0 Å². The number of carbonyl (C=O) groups excluding carboxylic acids is 1. The fraction of sp³-hybridized carbons (Fsp3) is 0.611. The second kappa shape index (κ2) is 7.21. The number of amides is 2. The predicted molar refractivity (Wildman–Crippen MR) is 90.8 cm³/mol. The van der Waals surface area contributed by atoms with Crippen LogP contribution in [0.3, 0.4) is 0 Å². The number of para-hydroxylation sites is 1. The Morgan fingerprint density at radius 3 is 2.70 bits per heavy atom. The van der Waals surface area contributed by atoms with Gasteiger partial charge in [-0.1, -0.05) is 39.0 Å². The van der Waals surface area contributed by atoms with Crippen LogP contribution in [0.15, 0.2) is 24.3 Å². The van der Waals surface area contributed by atoms with Crippen molar-refractivity contribution in [2.24, 2.45) is 5.41 Å². The zero-order valence-electron chi connectivity index (χ0n) is 14.4. The summed E-state index contributed by atoms with van der Waals surface area (Å²) < 4.78 is 5.68. The molecule has 1 heterocycles. The van der Waals surface area contributed by atoms with Gasteiger partial charge in [0, 0.05) is 30.2 Å². The summed E-state index contributed by atoms with van der Waals surface area (Å²) in [6.45, 7) is 8.80. The fourth-order valence-corrected chi connectivity index (χ4v) is 2.96. The van der Waals surface area contributed by atoms with Crippen molar-refractivity contribution in [3.8, 4) is 5.75 Å². The minimum atomic E-state index is -0.199. The Kier molecular flexibility index (Phi) is 5.52. The summed E-state index contributed by atoms with van der Waals surface area (Å²) in [5, 5.41) is 15.2. The van der Waals surface area contributed by atoms with E-state index in [4.69, 9.17) is 4.74 Å². The number of hydrogen-bond donors (Lipinski definition) is 3. The smallest absolute Gasteiger partial charge is 0.315 e. The Labute approximate surface area is 138 Å². The van der Waals surface area contributed by atoms with Crippen molar-refractivity contribution in [1.82, 2.24) is 10.6 Å². The van der Waals surface area contributed by atoms with Crippen LogP contribution in [-0.4, -0.2) is 36.4 Å². The van der Waals surface area contributed by atoms with E-state index in [0.29, 0.717) is 13.0 Å². The lowest BCUT2D eigenvalue weighted by molar-refractivity contribution is 0.186. The summed E-state index contributed by atoms with van der Waals surface area (Å²) in [4.78, 5) is 12.3. The number of aliphatic hydroxyl groups excluding tert-OH is 1. The largest absolute Gasteiger partial charge is 0.493 e. The highest BCUT2D eigenvalue weighted by Crippen LogP contribution is 2.35. The highest BCUT2D eigenvalue weighted by Gasteiger charge is 2.31. The average molecular weight is 320 g/mol. The highest BCUT2D eigenvalue weighted by atomic mass is 16.5. The third-order valence-electron chi connectivity index (χ3n) is 4.47. The van der Waals surface area contributed by atoms with Gasteiger partial charge in [-0.25, -0.2) is 4.79 Å². The van der Waals surface area contributed by atoms with Gasteiger partial charge in [0.15, 0.2) is 0 Å². The molecular formula is C18H28N2O3. The number of ether oxygens (including phenoxy) is 1. The molecule has 0 radical (unpaired) electrons. The summed E-state index contributed by atoms with van der Waals surface area (Å²) in [6.07, 6.45) is 0.542. The monoisotopic (exact) mass is 320 g/mol. The molecule has 0 aromatic heterocycles. The predicted octanol–water partition coefficient (Wildman–Crippen LogP) is 2.65. The molecule has 1 aromatic carbocycles. The normalized spacial score (nSPS) is 19.4. The molecule has 1 aliphatic rings. The van der Waals surface area contributed by atoms with Crippen LogP contribution >= 0.6 is 0 Å². The Balaban J connectivity index is 1.95. The first-order chi connectivity index (χ1) is 10.8. The number of urea groups is 1. The van der Waals surface area contributed by atoms with E-state index in [-0.39, 0.29) is 36.1 Å². The molecule has 0 saturated carbocycles. The van der Waals surface area contributed by atoms with E-state index < -0.39 is 0 Å². The topological polar surface area (TPSA) is 70.6 Å². The fourth-order valence-electron chi connectivity index (χ4n) is 2.96. The summed E-state index contributed by atoms with van der Waals surface area (Å²) in [5.41, 5.74) is 1.04.